The molecule has 1 fully saturated rings. The maximum absolute atomic E-state index is 7.38. The molecule has 2 aliphatic rings. The highest BCUT2D eigenvalue weighted by Crippen LogP contribution is 2.49. The predicted molar refractivity (Wildman–Crippen MR) is 222 cm³/mol. The molecule has 6 heteroatoms. The van der Waals surface area contributed by atoms with Crippen molar-refractivity contribution in [2.24, 2.45) is 0 Å². The molecule has 5 atom stereocenters. The highest BCUT2D eigenvalue weighted by molar-refractivity contribution is 5.45. The quantitative estimate of drug-likeness (QED) is 0.0980. The average molecular weight is 761 g/mol. The number of ether oxygens (including phenoxy) is 6. The van der Waals surface area contributed by atoms with Crippen molar-refractivity contribution in [3.63, 3.8) is 0 Å². The standard InChI is InChI=1S/C51H52O6/c1-3-38-24-26-39(27-25-38)29-44-30-46-45(28-37(44)2)35-56-51(46)50(55-34-43-22-14-7-15-23-43)49(54-33-42-20-12-6-13-21-42)48(53-32-41-18-10-5-11-19-41)47(57-51)36-52-31-40-16-8-4-9-17-40/h4-28,30,47-50H,3,29,31-36H2,1-2H3/t47-,48+,49+,50-,51+/m1/s1. The van der Waals surface area contributed by atoms with E-state index in [1.165, 1.54) is 22.3 Å². The maximum Gasteiger partial charge on any atom is 0.225 e. The lowest BCUT2D eigenvalue weighted by Gasteiger charge is -2.51. The number of rotatable bonds is 16. The van der Waals surface area contributed by atoms with Gasteiger partial charge in [0.05, 0.1) is 39.6 Å². The van der Waals surface area contributed by atoms with E-state index in [0.717, 1.165) is 46.2 Å². The van der Waals surface area contributed by atoms with Crippen LogP contribution in [0.3, 0.4) is 0 Å². The van der Waals surface area contributed by atoms with E-state index in [9.17, 15) is 0 Å². The van der Waals surface area contributed by atoms with Crippen molar-refractivity contribution in [1.82, 2.24) is 0 Å². The van der Waals surface area contributed by atoms with Crippen LogP contribution < -0.4 is 0 Å². The summed E-state index contributed by atoms with van der Waals surface area (Å²) in [5, 5.41) is 0. The van der Waals surface area contributed by atoms with E-state index < -0.39 is 30.2 Å². The van der Waals surface area contributed by atoms with Gasteiger partial charge in [-0.25, -0.2) is 0 Å². The van der Waals surface area contributed by atoms with E-state index in [4.69, 9.17) is 28.4 Å². The molecule has 292 valence electrons. The van der Waals surface area contributed by atoms with Gasteiger partial charge >= 0.3 is 0 Å². The van der Waals surface area contributed by atoms with Gasteiger partial charge in [-0.2, -0.15) is 0 Å². The zero-order chi connectivity index (χ0) is 38.9. The van der Waals surface area contributed by atoms with Crippen molar-refractivity contribution in [2.75, 3.05) is 6.61 Å². The van der Waals surface area contributed by atoms with E-state index in [1.54, 1.807) is 0 Å². The van der Waals surface area contributed by atoms with Crippen LogP contribution in [-0.4, -0.2) is 31.0 Å². The summed E-state index contributed by atoms with van der Waals surface area (Å²) >= 11 is 0. The van der Waals surface area contributed by atoms with Crippen molar-refractivity contribution in [2.45, 2.75) is 89.9 Å². The minimum absolute atomic E-state index is 0.258. The first kappa shape index (κ1) is 38.9. The Morgan fingerprint density at radius 1 is 0.561 bits per heavy atom. The fraction of sp³-hybridized carbons (Fsp3) is 0.294. The Kier molecular flexibility index (Phi) is 12.7. The van der Waals surface area contributed by atoms with Crippen LogP contribution in [0.4, 0.5) is 0 Å². The van der Waals surface area contributed by atoms with Gasteiger partial charge in [0, 0.05) is 5.56 Å². The Morgan fingerprint density at radius 2 is 1.07 bits per heavy atom. The third-order valence-corrected chi connectivity index (χ3v) is 11.1. The van der Waals surface area contributed by atoms with E-state index in [1.807, 2.05) is 72.8 Å². The first-order chi connectivity index (χ1) is 28.1. The molecule has 6 nitrogen and oxygen atoms in total. The molecule has 0 N–H and O–H groups in total. The number of hydrogen-bond acceptors (Lipinski definition) is 6. The van der Waals surface area contributed by atoms with E-state index in [0.29, 0.717) is 33.0 Å². The summed E-state index contributed by atoms with van der Waals surface area (Å²) in [7, 11) is 0. The molecule has 0 bridgehead atoms. The second-order valence-electron chi connectivity index (χ2n) is 15.1. The second kappa shape index (κ2) is 18.6. The van der Waals surface area contributed by atoms with Crippen LogP contribution in [0, 0.1) is 6.92 Å². The predicted octanol–water partition coefficient (Wildman–Crippen LogP) is 10.2. The Hall–Kier alpha value is -4.92. The summed E-state index contributed by atoms with van der Waals surface area (Å²) in [6.45, 7) is 6.50. The number of benzene rings is 6. The summed E-state index contributed by atoms with van der Waals surface area (Å²) in [6, 6.07) is 54.4. The SMILES string of the molecule is CCc1ccc(Cc2cc3c(cc2C)CO[C@]32O[C@H](COCc3ccccc3)[C@H](OCc3ccccc3)[C@H](OCc3ccccc3)[C@H]2OCc2ccccc2)cc1. The van der Waals surface area contributed by atoms with Crippen LogP contribution in [0.1, 0.15) is 62.6 Å². The molecular weight excluding hydrogens is 709 g/mol. The van der Waals surface area contributed by atoms with Crippen molar-refractivity contribution in [3.8, 4) is 0 Å². The summed E-state index contributed by atoms with van der Waals surface area (Å²) < 4.78 is 42.0. The molecule has 57 heavy (non-hydrogen) atoms. The fourth-order valence-electron chi connectivity index (χ4n) is 7.99. The molecule has 0 amide bonds. The molecule has 1 saturated heterocycles. The van der Waals surface area contributed by atoms with Gasteiger partial charge in [-0.1, -0.05) is 159 Å². The monoisotopic (exact) mass is 760 g/mol. The fourth-order valence-corrected chi connectivity index (χ4v) is 7.99. The van der Waals surface area contributed by atoms with Gasteiger partial charge in [-0.15, -0.1) is 0 Å². The third-order valence-electron chi connectivity index (χ3n) is 11.1. The highest BCUT2D eigenvalue weighted by Gasteiger charge is 2.61. The largest absolute Gasteiger partial charge is 0.374 e. The van der Waals surface area contributed by atoms with E-state index >= 15 is 0 Å². The summed E-state index contributed by atoms with van der Waals surface area (Å²) in [5.74, 6) is -1.30. The van der Waals surface area contributed by atoms with Gasteiger partial charge in [-0.05, 0) is 75.9 Å². The minimum atomic E-state index is -1.30. The first-order valence-electron chi connectivity index (χ1n) is 20.2. The van der Waals surface area contributed by atoms with Gasteiger partial charge in [0.1, 0.15) is 24.4 Å². The lowest BCUT2D eigenvalue weighted by Crippen LogP contribution is -2.65. The molecule has 0 radical (unpaired) electrons. The van der Waals surface area contributed by atoms with Gasteiger partial charge < -0.3 is 28.4 Å². The Balaban J connectivity index is 1.21. The molecule has 2 aliphatic heterocycles. The van der Waals surface area contributed by atoms with E-state index in [-0.39, 0.29) is 6.61 Å². The number of aryl methyl sites for hydroxylation is 2. The normalized spacial score (nSPS) is 21.4. The molecule has 6 aromatic rings. The zero-order valence-electron chi connectivity index (χ0n) is 32.9. The third kappa shape index (κ3) is 9.29. The van der Waals surface area contributed by atoms with Gasteiger partial charge in [0.2, 0.25) is 5.79 Å². The average Bonchev–Trinajstić information content (AvgIpc) is 3.60. The van der Waals surface area contributed by atoms with Crippen LogP contribution in [-0.2, 0) is 80.1 Å². The van der Waals surface area contributed by atoms with Crippen LogP contribution in [0.5, 0.6) is 0 Å². The van der Waals surface area contributed by atoms with Crippen molar-refractivity contribution in [1.29, 1.82) is 0 Å². The Morgan fingerprint density at radius 3 is 1.63 bits per heavy atom. The number of hydrogen-bond donors (Lipinski definition) is 0. The molecule has 0 aromatic heterocycles. The molecule has 2 heterocycles. The lowest BCUT2D eigenvalue weighted by atomic mass is 9.84. The Labute approximate surface area is 337 Å². The molecule has 6 aromatic carbocycles. The van der Waals surface area contributed by atoms with Crippen LogP contribution in [0.25, 0.3) is 0 Å². The Bertz CT molecular complexity index is 2140. The highest BCUT2D eigenvalue weighted by atomic mass is 16.7. The van der Waals surface area contributed by atoms with Crippen molar-refractivity contribution < 1.29 is 28.4 Å². The summed E-state index contributed by atoms with van der Waals surface area (Å²) in [4.78, 5) is 0. The van der Waals surface area contributed by atoms with Gasteiger partial charge in [0.15, 0.2) is 0 Å². The molecule has 0 unspecified atom stereocenters. The summed E-state index contributed by atoms with van der Waals surface area (Å²) in [6.07, 6.45) is -0.630. The molecule has 0 saturated carbocycles. The molecule has 1 spiro atoms. The smallest absolute Gasteiger partial charge is 0.225 e. The van der Waals surface area contributed by atoms with Crippen molar-refractivity contribution in [3.05, 3.63) is 213 Å². The topological polar surface area (TPSA) is 55.4 Å². The van der Waals surface area contributed by atoms with Crippen LogP contribution >= 0.6 is 0 Å². The molecular formula is C51H52O6. The van der Waals surface area contributed by atoms with E-state index in [2.05, 4.69) is 98.8 Å². The second-order valence-corrected chi connectivity index (χ2v) is 15.1. The lowest BCUT2D eigenvalue weighted by molar-refractivity contribution is -0.387. The maximum atomic E-state index is 7.38. The zero-order valence-corrected chi connectivity index (χ0v) is 32.9. The van der Waals surface area contributed by atoms with Gasteiger partial charge in [-0.3, -0.25) is 0 Å². The van der Waals surface area contributed by atoms with Crippen LogP contribution in [0.15, 0.2) is 158 Å². The van der Waals surface area contributed by atoms with Crippen LogP contribution in [0.2, 0.25) is 0 Å². The van der Waals surface area contributed by atoms with Crippen molar-refractivity contribution >= 4 is 0 Å². The minimum Gasteiger partial charge on any atom is -0.374 e. The molecule has 8 rings (SSSR count). The first-order valence-corrected chi connectivity index (χ1v) is 20.2. The molecule has 0 aliphatic carbocycles. The number of fused-ring (bicyclic) bond motifs is 2. The summed E-state index contributed by atoms with van der Waals surface area (Å²) in [5.41, 5.74) is 11.3. The van der Waals surface area contributed by atoms with Gasteiger partial charge in [0.25, 0.3) is 0 Å².